The summed E-state index contributed by atoms with van der Waals surface area (Å²) in [5, 5.41) is 12.1. The number of anilines is 1. The van der Waals surface area contributed by atoms with Gasteiger partial charge in [0.1, 0.15) is 0 Å². The van der Waals surface area contributed by atoms with Crippen LogP contribution in [0.3, 0.4) is 0 Å². The number of benzene rings is 1. The minimum absolute atomic E-state index is 0.0126. The molecular weight excluding hydrogens is 322 g/mol. The molecule has 1 aromatic heterocycles. The number of carboxylic acid groups (broad SMARTS) is 1. The van der Waals surface area contributed by atoms with E-state index >= 15 is 0 Å². The Morgan fingerprint density at radius 1 is 1.35 bits per heavy atom. The third kappa shape index (κ3) is 3.54. The third-order valence-electron chi connectivity index (χ3n) is 2.77. The molecule has 20 heavy (non-hydrogen) atoms. The highest BCUT2D eigenvalue weighted by Gasteiger charge is 2.11. The fraction of sp³-hybridized carbons (Fsp3) is 0.214. The van der Waals surface area contributed by atoms with Gasteiger partial charge in [0, 0.05) is 10.2 Å². The van der Waals surface area contributed by atoms with Crippen molar-refractivity contribution < 1.29 is 9.90 Å². The average Bonchev–Trinajstić information content (AvgIpc) is 2.37. The molecule has 1 aromatic carbocycles. The second-order valence-electron chi connectivity index (χ2n) is 4.44. The van der Waals surface area contributed by atoms with Gasteiger partial charge < -0.3 is 10.4 Å². The van der Waals surface area contributed by atoms with Crippen molar-refractivity contribution in [3.05, 3.63) is 51.8 Å². The molecule has 0 aliphatic carbocycles. The minimum Gasteiger partial charge on any atom is -0.477 e. The van der Waals surface area contributed by atoms with Crippen LogP contribution >= 0.6 is 15.9 Å². The number of aromatic nitrogens is 2. The second-order valence-corrected chi connectivity index (χ2v) is 5.36. The zero-order valence-electron chi connectivity index (χ0n) is 11.1. The van der Waals surface area contributed by atoms with Gasteiger partial charge >= 0.3 is 5.97 Å². The van der Waals surface area contributed by atoms with E-state index < -0.39 is 5.97 Å². The molecule has 1 heterocycles. The van der Waals surface area contributed by atoms with Crippen LogP contribution < -0.4 is 5.32 Å². The van der Waals surface area contributed by atoms with E-state index in [1.807, 2.05) is 31.2 Å². The van der Waals surface area contributed by atoms with Crippen LogP contribution in [0.1, 0.15) is 34.7 Å². The number of aromatic carboxylic acids is 1. The van der Waals surface area contributed by atoms with Crippen LogP contribution in [-0.4, -0.2) is 21.0 Å². The van der Waals surface area contributed by atoms with Crippen LogP contribution in [-0.2, 0) is 0 Å². The van der Waals surface area contributed by atoms with Gasteiger partial charge in [-0.1, -0.05) is 28.1 Å². The molecule has 0 saturated heterocycles. The van der Waals surface area contributed by atoms with Crippen molar-refractivity contribution in [2.45, 2.75) is 19.9 Å². The van der Waals surface area contributed by atoms with Crippen molar-refractivity contribution in [2.75, 3.05) is 5.32 Å². The van der Waals surface area contributed by atoms with E-state index in [4.69, 9.17) is 5.11 Å². The number of halogens is 1. The molecule has 1 unspecified atom stereocenters. The van der Waals surface area contributed by atoms with Gasteiger partial charge in [-0.25, -0.2) is 14.8 Å². The van der Waals surface area contributed by atoms with E-state index in [0.717, 1.165) is 10.0 Å². The standard InChI is InChI=1S/C14H14BrN3O2/c1-8-6-12(13(19)20)18-14(16-8)17-9(2)10-4-3-5-11(15)7-10/h3-7,9H,1-2H3,(H,19,20)(H,16,17,18). The first-order chi connectivity index (χ1) is 9.45. The third-order valence-corrected chi connectivity index (χ3v) is 3.26. The molecule has 5 nitrogen and oxygen atoms in total. The van der Waals surface area contributed by atoms with E-state index in [2.05, 4.69) is 31.2 Å². The van der Waals surface area contributed by atoms with Crippen LogP contribution in [0.25, 0.3) is 0 Å². The molecule has 1 atom stereocenters. The highest BCUT2D eigenvalue weighted by atomic mass is 79.9. The van der Waals surface area contributed by atoms with E-state index in [1.165, 1.54) is 6.07 Å². The Labute approximate surface area is 125 Å². The van der Waals surface area contributed by atoms with Crippen LogP contribution in [0.5, 0.6) is 0 Å². The summed E-state index contributed by atoms with van der Waals surface area (Å²) in [4.78, 5) is 19.2. The van der Waals surface area contributed by atoms with E-state index in [9.17, 15) is 4.79 Å². The van der Waals surface area contributed by atoms with Crippen LogP contribution in [0.15, 0.2) is 34.8 Å². The Morgan fingerprint density at radius 2 is 2.10 bits per heavy atom. The average molecular weight is 336 g/mol. The monoisotopic (exact) mass is 335 g/mol. The summed E-state index contributed by atoms with van der Waals surface area (Å²) in [5.41, 5.74) is 1.66. The first-order valence-electron chi connectivity index (χ1n) is 6.06. The van der Waals surface area contributed by atoms with Gasteiger partial charge in [-0.05, 0) is 37.6 Å². The maximum Gasteiger partial charge on any atom is 0.354 e. The lowest BCUT2D eigenvalue weighted by Crippen LogP contribution is -2.12. The largest absolute Gasteiger partial charge is 0.477 e. The van der Waals surface area contributed by atoms with Crippen LogP contribution in [0, 0.1) is 6.92 Å². The number of carbonyl (C=O) groups is 1. The fourth-order valence-corrected chi connectivity index (χ4v) is 2.21. The molecule has 0 aliphatic rings. The predicted molar refractivity (Wildman–Crippen MR) is 79.9 cm³/mol. The van der Waals surface area contributed by atoms with Gasteiger partial charge in [-0.2, -0.15) is 0 Å². The summed E-state index contributed by atoms with van der Waals surface area (Å²) in [5.74, 6) is -0.747. The second kappa shape index (κ2) is 6.00. The maximum atomic E-state index is 11.0. The van der Waals surface area contributed by atoms with E-state index in [-0.39, 0.29) is 11.7 Å². The highest BCUT2D eigenvalue weighted by Crippen LogP contribution is 2.20. The zero-order chi connectivity index (χ0) is 14.7. The van der Waals surface area contributed by atoms with Gasteiger partial charge in [0.25, 0.3) is 0 Å². The fourth-order valence-electron chi connectivity index (χ4n) is 1.80. The van der Waals surface area contributed by atoms with Crippen molar-refractivity contribution in [3.63, 3.8) is 0 Å². The van der Waals surface area contributed by atoms with Gasteiger partial charge in [0.05, 0.1) is 6.04 Å². The lowest BCUT2D eigenvalue weighted by Gasteiger charge is -2.15. The normalized spacial score (nSPS) is 11.9. The Balaban J connectivity index is 2.23. The van der Waals surface area contributed by atoms with Crippen molar-refractivity contribution in [2.24, 2.45) is 0 Å². The number of aryl methyl sites for hydroxylation is 1. The van der Waals surface area contributed by atoms with Gasteiger partial charge in [0.2, 0.25) is 5.95 Å². The van der Waals surface area contributed by atoms with Crippen molar-refractivity contribution >= 4 is 27.8 Å². The molecule has 2 N–H and O–H groups in total. The molecule has 0 spiro atoms. The number of hydrogen-bond donors (Lipinski definition) is 2. The van der Waals surface area contributed by atoms with Crippen LogP contribution in [0.2, 0.25) is 0 Å². The molecule has 0 bridgehead atoms. The maximum absolute atomic E-state index is 11.0. The minimum atomic E-state index is -1.06. The predicted octanol–water partition coefficient (Wildman–Crippen LogP) is 3.42. The Hall–Kier alpha value is -1.95. The number of nitrogens with zero attached hydrogens (tertiary/aromatic N) is 2. The van der Waals surface area contributed by atoms with Crippen molar-refractivity contribution in [1.29, 1.82) is 0 Å². The lowest BCUT2D eigenvalue weighted by molar-refractivity contribution is 0.0690. The quantitative estimate of drug-likeness (QED) is 0.895. The number of hydrogen-bond acceptors (Lipinski definition) is 4. The summed E-state index contributed by atoms with van der Waals surface area (Å²) in [6, 6.07) is 9.27. The van der Waals surface area contributed by atoms with Crippen LogP contribution in [0.4, 0.5) is 5.95 Å². The zero-order valence-corrected chi connectivity index (χ0v) is 12.7. The molecule has 104 valence electrons. The van der Waals surface area contributed by atoms with E-state index in [1.54, 1.807) is 6.92 Å². The Bertz CT molecular complexity index is 646. The van der Waals surface area contributed by atoms with Gasteiger partial charge in [-0.3, -0.25) is 0 Å². The SMILES string of the molecule is Cc1cc(C(=O)O)nc(NC(C)c2cccc(Br)c2)n1. The summed E-state index contributed by atoms with van der Waals surface area (Å²) in [7, 11) is 0. The molecule has 6 heteroatoms. The number of rotatable bonds is 4. The Kier molecular flexibility index (Phi) is 4.34. The molecule has 0 radical (unpaired) electrons. The summed E-state index contributed by atoms with van der Waals surface area (Å²) in [6.07, 6.45) is 0. The van der Waals surface area contributed by atoms with E-state index in [0.29, 0.717) is 11.6 Å². The smallest absolute Gasteiger partial charge is 0.354 e. The molecular formula is C14H14BrN3O2. The number of carboxylic acids is 1. The van der Waals surface area contributed by atoms with Crippen molar-refractivity contribution in [1.82, 2.24) is 9.97 Å². The van der Waals surface area contributed by atoms with Crippen molar-refractivity contribution in [3.8, 4) is 0 Å². The van der Waals surface area contributed by atoms with Gasteiger partial charge in [-0.15, -0.1) is 0 Å². The lowest BCUT2D eigenvalue weighted by atomic mass is 10.1. The first-order valence-corrected chi connectivity index (χ1v) is 6.86. The molecule has 0 amide bonds. The molecule has 0 fully saturated rings. The summed E-state index contributed by atoms with van der Waals surface area (Å²) < 4.78 is 0.986. The topological polar surface area (TPSA) is 75.1 Å². The molecule has 0 aliphatic heterocycles. The molecule has 0 saturated carbocycles. The molecule has 2 rings (SSSR count). The summed E-state index contributed by atoms with van der Waals surface area (Å²) >= 11 is 3.42. The Morgan fingerprint density at radius 3 is 2.75 bits per heavy atom. The first kappa shape index (κ1) is 14.5. The summed E-state index contributed by atoms with van der Waals surface area (Å²) in [6.45, 7) is 3.71. The highest BCUT2D eigenvalue weighted by molar-refractivity contribution is 9.10. The number of nitrogens with one attached hydrogen (secondary N) is 1. The molecule has 2 aromatic rings. The van der Waals surface area contributed by atoms with Gasteiger partial charge in [0.15, 0.2) is 5.69 Å².